The highest BCUT2D eigenvalue weighted by molar-refractivity contribution is 6.70. The molecule has 0 saturated carbocycles. The molecule has 0 aliphatic carbocycles. The van der Waals surface area contributed by atoms with Crippen LogP contribution in [0.4, 0.5) is 0 Å². The lowest BCUT2D eigenvalue weighted by Gasteiger charge is -2.27. The second-order valence-electron chi connectivity index (χ2n) is 4.93. The van der Waals surface area contributed by atoms with Gasteiger partial charge in [-0.25, -0.2) is 0 Å². The second-order valence-corrected chi connectivity index (χ2v) is 9.35. The van der Waals surface area contributed by atoms with E-state index >= 15 is 0 Å². The minimum Gasteiger partial charge on any atom is -0.547 e. The predicted molar refractivity (Wildman–Crippen MR) is 55.0 cm³/mol. The van der Waals surface area contributed by atoms with E-state index < -0.39 is 8.32 Å². The number of ether oxygens (including phenoxy) is 1. The van der Waals surface area contributed by atoms with Gasteiger partial charge in [0.2, 0.25) is 8.32 Å². The van der Waals surface area contributed by atoms with Crippen molar-refractivity contribution in [3.63, 3.8) is 0 Å². The molecule has 2 unspecified atom stereocenters. The molecule has 2 nitrogen and oxygen atoms in total. The van der Waals surface area contributed by atoms with Gasteiger partial charge in [0.05, 0.1) is 18.0 Å². The van der Waals surface area contributed by atoms with Crippen LogP contribution in [0.1, 0.15) is 19.3 Å². The molecule has 2 aliphatic heterocycles. The van der Waals surface area contributed by atoms with Crippen molar-refractivity contribution in [1.29, 1.82) is 0 Å². The van der Waals surface area contributed by atoms with Crippen LogP contribution in [-0.2, 0) is 9.16 Å². The summed E-state index contributed by atoms with van der Waals surface area (Å²) in [4.78, 5) is 0. The molecule has 2 atom stereocenters. The Morgan fingerprint density at radius 3 is 2.77 bits per heavy atom. The SMILES string of the molecule is C[Si](C)(C)OC1=CC2CCC(C1)O2. The van der Waals surface area contributed by atoms with Crippen LogP contribution in [0.3, 0.4) is 0 Å². The molecule has 2 rings (SSSR count). The van der Waals surface area contributed by atoms with Crippen molar-refractivity contribution in [3.05, 3.63) is 11.8 Å². The maximum atomic E-state index is 5.98. The summed E-state index contributed by atoms with van der Waals surface area (Å²) in [5.74, 6) is 1.19. The molecule has 0 aromatic rings. The van der Waals surface area contributed by atoms with Gasteiger partial charge in [0, 0.05) is 6.42 Å². The molecule has 1 fully saturated rings. The first-order valence-corrected chi connectivity index (χ1v) is 8.49. The van der Waals surface area contributed by atoms with Crippen molar-refractivity contribution in [2.24, 2.45) is 0 Å². The lowest BCUT2D eigenvalue weighted by atomic mass is 10.2. The molecular formula is C10H18O2Si. The smallest absolute Gasteiger partial charge is 0.241 e. The fourth-order valence-electron chi connectivity index (χ4n) is 1.97. The third kappa shape index (κ3) is 2.35. The summed E-state index contributed by atoms with van der Waals surface area (Å²) in [7, 11) is -1.40. The van der Waals surface area contributed by atoms with Crippen molar-refractivity contribution in [2.75, 3.05) is 0 Å². The van der Waals surface area contributed by atoms with Gasteiger partial charge in [0.15, 0.2) is 0 Å². The Morgan fingerprint density at radius 1 is 1.38 bits per heavy atom. The maximum absolute atomic E-state index is 5.98. The Bertz CT molecular complexity index is 230. The van der Waals surface area contributed by atoms with E-state index in [0.717, 1.165) is 6.42 Å². The Hall–Kier alpha value is -0.283. The topological polar surface area (TPSA) is 18.5 Å². The van der Waals surface area contributed by atoms with Crippen LogP contribution in [0.25, 0.3) is 0 Å². The Morgan fingerprint density at radius 2 is 2.15 bits per heavy atom. The van der Waals surface area contributed by atoms with Crippen molar-refractivity contribution in [2.45, 2.75) is 51.1 Å². The summed E-state index contributed by atoms with van der Waals surface area (Å²) >= 11 is 0. The lowest BCUT2D eigenvalue weighted by molar-refractivity contribution is 0.0493. The Kier molecular flexibility index (Phi) is 2.24. The zero-order valence-corrected chi connectivity index (χ0v) is 9.67. The molecule has 2 aliphatic rings. The van der Waals surface area contributed by atoms with Crippen LogP contribution >= 0.6 is 0 Å². The summed E-state index contributed by atoms with van der Waals surface area (Å²) in [5, 5.41) is 0. The van der Waals surface area contributed by atoms with Gasteiger partial charge in [0.1, 0.15) is 0 Å². The van der Waals surface area contributed by atoms with Gasteiger partial charge in [-0.1, -0.05) is 0 Å². The van der Waals surface area contributed by atoms with E-state index in [9.17, 15) is 0 Å². The predicted octanol–water partition coefficient (Wildman–Crippen LogP) is 2.67. The molecule has 0 N–H and O–H groups in total. The first-order chi connectivity index (χ1) is 6.03. The van der Waals surface area contributed by atoms with Gasteiger partial charge < -0.3 is 9.16 Å². The minimum atomic E-state index is -1.40. The fraction of sp³-hybridized carbons (Fsp3) is 0.800. The summed E-state index contributed by atoms with van der Waals surface area (Å²) in [6.07, 6.45) is 6.37. The number of fused-ring (bicyclic) bond motifs is 2. The number of hydrogen-bond donors (Lipinski definition) is 0. The van der Waals surface area contributed by atoms with E-state index in [1.165, 1.54) is 18.6 Å². The normalized spacial score (nSPS) is 33.0. The first kappa shape index (κ1) is 9.28. The van der Waals surface area contributed by atoms with Crippen LogP contribution in [-0.4, -0.2) is 20.5 Å². The molecule has 0 spiro atoms. The Labute approximate surface area is 81.1 Å². The van der Waals surface area contributed by atoms with Gasteiger partial charge >= 0.3 is 0 Å². The van der Waals surface area contributed by atoms with Gasteiger partial charge in [-0.3, -0.25) is 0 Å². The third-order valence-electron chi connectivity index (χ3n) is 2.38. The highest BCUT2D eigenvalue weighted by Gasteiger charge is 2.31. The average Bonchev–Trinajstić information content (AvgIpc) is 2.27. The molecule has 3 heteroatoms. The summed E-state index contributed by atoms with van der Waals surface area (Å²) < 4.78 is 11.7. The van der Waals surface area contributed by atoms with Crippen LogP contribution in [0, 0.1) is 0 Å². The standard InChI is InChI=1S/C10H18O2Si/c1-13(2,3)12-10-6-8-4-5-9(7-10)11-8/h6,8-9H,4-5,7H2,1-3H3. The van der Waals surface area contributed by atoms with Gasteiger partial charge in [-0.15, -0.1) is 0 Å². The maximum Gasteiger partial charge on any atom is 0.241 e. The van der Waals surface area contributed by atoms with Crippen molar-refractivity contribution in [3.8, 4) is 0 Å². The van der Waals surface area contributed by atoms with Gasteiger partial charge in [-0.2, -0.15) is 0 Å². The highest BCUT2D eigenvalue weighted by Crippen LogP contribution is 2.32. The molecular weight excluding hydrogens is 180 g/mol. The largest absolute Gasteiger partial charge is 0.547 e. The van der Waals surface area contributed by atoms with Crippen molar-refractivity contribution in [1.82, 2.24) is 0 Å². The van der Waals surface area contributed by atoms with E-state index in [0.29, 0.717) is 12.2 Å². The quantitative estimate of drug-likeness (QED) is 0.635. The fourth-order valence-corrected chi connectivity index (χ4v) is 2.91. The van der Waals surface area contributed by atoms with Crippen LogP contribution in [0.2, 0.25) is 19.6 Å². The van der Waals surface area contributed by atoms with Gasteiger partial charge in [-0.05, 0) is 38.6 Å². The molecule has 2 bridgehead atoms. The summed E-state index contributed by atoms with van der Waals surface area (Å²) in [6, 6.07) is 0. The number of hydrogen-bond acceptors (Lipinski definition) is 2. The van der Waals surface area contributed by atoms with E-state index in [2.05, 4.69) is 25.7 Å². The lowest BCUT2D eigenvalue weighted by Crippen LogP contribution is -2.28. The number of rotatable bonds is 2. The first-order valence-electron chi connectivity index (χ1n) is 5.08. The molecule has 0 radical (unpaired) electrons. The molecule has 0 aromatic heterocycles. The second kappa shape index (κ2) is 3.14. The molecule has 1 saturated heterocycles. The molecule has 2 heterocycles. The van der Waals surface area contributed by atoms with Crippen LogP contribution in [0.15, 0.2) is 11.8 Å². The van der Waals surface area contributed by atoms with E-state index in [1.54, 1.807) is 0 Å². The molecule has 13 heavy (non-hydrogen) atoms. The summed E-state index contributed by atoms with van der Waals surface area (Å²) in [5.41, 5.74) is 0. The minimum absolute atomic E-state index is 0.352. The van der Waals surface area contributed by atoms with E-state index in [4.69, 9.17) is 9.16 Å². The zero-order chi connectivity index (χ0) is 9.47. The zero-order valence-electron chi connectivity index (χ0n) is 8.67. The molecule has 0 amide bonds. The Balaban J connectivity index is 2.01. The monoisotopic (exact) mass is 198 g/mol. The van der Waals surface area contributed by atoms with Crippen molar-refractivity contribution < 1.29 is 9.16 Å². The molecule has 0 aromatic carbocycles. The van der Waals surface area contributed by atoms with E-state index in [1.807, 2.05) is 0 Å². The molecule has 74 valence electrons. The third-order valence-corrected chi connectivity index (χ3v) is 3.25. The van der Waals surface area contributed by atoms with Crippen LogP contribution in [0.5, 0.6) is 0 Å². The van der Waals surface area contributed by atoms with Crippen molar-refractivity contribution >= 4 is 8.32 Å². The summed E-state index contributed by atoms with van der Waals surface area (Å²) in [6.45, 7) is 6.68. The van der Waals surface area contributed by atoms with Crippen LogP contribution < -0.4 is 0 Å². The van der Waals surface area contributed by atoms with E-state index in [-0.39, 0.29) is 0 Å². The highest BCUT2D eigenvalue weighted by atomic mass is 28.4. The van der Waals surface area contributed by atoms with Gasteiger partial charge in [0.25, 0.3) is 0 Å². The average molecular weight is 198 g/mol.